The lowest BCUT2D eigenvalue weighted by atomic mass is 9.96. The number of carboxylic acids is 1. The molecule has 15 nitrogen and oxygen atoms in total. The number of carbonyl (C=O) groups is 7. The van der Waals surface area contributed by atoms with Crippen LogP contribution in [0.2, 0.25) is 0 Å². The number of halogens is 1. The third-order valence-corrected chi connectivity index (χ3v) is 9.73. The number of benzene rings is 1. The fraction of sp³-hybridized carbons (Fsp3) is 0.638. The van der Waals surface area contributed by atoms with Crippen molar-refractivity contribution in [2.24, 2.45) is 23.5 Å². The van der Waals surface area contributed by atoms with Gasteiger partial charge in [0.05, 0.1) is 19.6 Å². The summed E-state index contributed by atoms with van der Waals surface area (Å²) in [5.74, 6) is -3.75. The topological polar surface area (TPSA) is 220 Å². The molecule has 6 amide bonds. The first-order chi connectivity index (χ1) is 29.4. The number of nitrogens with zero attached hydrogens (tertiary/aromatic N) is 2. The summed E-state index contributed by atoms with van der Waals surface area (Å²) in [6, 6.07) is 3.24. The van der Waals surface area contributed by atoms with Gasteiger partial charge < -0.3 is 41.9 Å². The summed E-state index contributed by atoms with van der Waals surface area (Å²) in [6.45, 7) is 20.5. The number of carboxylic acid groups (broad SMARTS) is 1. The van der Waals surface area contributed by atoms with E-state index >= 15 is 0 Å². The second-order valence-electron chi connectivity index (χ2n) is 17.0. The molecule has 16 heteroatoms. The highest BCUT2D eigenvalue weighted by molar-refractivity contribution is 5.96. The summed E-state index contributed by atoms with van der Waals surface area (Å²) >= 11 is 0. The van der Waals surface area contributed by atoms with E-state index in [2.05, 4.69) is 62.0 Å². The number of allylic oxidation sites excluding steroid dienone is 3. The molecule has 0 aliphatic carbocycles. The molecule has 0 aromatic heterocycles. The van der Waals surface area contributed by atoms with E-state index in [0.29, 0.717) is 37.3 Å². The van der Waals surface area contributed by atoms with Crippen molar-refractivity contribution in [2.45, 2.75) is 139 Å². The van der Waals surface area contributed by atoms with Gasteiger partial charge in [0.1, 0.15) is 23.9 Å². The second kappa shape index (κ2) is 33.4. The van der Waals surface area contributed by atoms with Crippen LogP contribution in [-0.2, 0) is 33.6 Å². The Bertz CT molecular complexity index is 1610. The van der Waals surface area contributed by atoms with Gasteiger partial charge >= 0.3 is 5.97 Å². The number of carbonyl (C=O) groups excluding carboxylic acids is 6. The van der Waals surface area contributed by atoms with Gasteiger partial charge in [-0.05, 0) is 110 Å². The van der Waals surface area contributed by atoms with Gasteiger partial charge in [-0.1, -0.05) is 83.4 Å². The van der Waals surface area contributed by atoms with Crippen LogP contribution in [0.25, 0.3) is 0 Å². The van der Waals surface area contributed by atoms with Gasteiger partial charge in [-0.2, -0.15) is 0 Å². The van der Waals surface area contributed by atoms with Crippen LogP contribution in [0.15, 0.2) is 47.6 Å². The lowest BCUT2D eigenvalue weighted by Crippen LogP contribution is -2.55. The Labute approximate surface area is 376 Å². The van der Waals surface area contributed by atoms with Crippen molar-refractivity contribution in [3.63, 3.8) is 0 Å². The second-order valence-corrected chi connectivity index (χ2v) is 17.0. The van der Waals surface area contributed by atoms with Crippen molar-refractivity contribution in [1.29, 1.82) is 0 Å². The molecule has 0 aliphatic rings. The quantitative estimate of drug-likeness (QED) is 0.0452. The van der Waals surface area contributed by atoms with E-state index < -0.39 is 66.7 Å². The Kier molecular flexibility index (Phi) is 31.8. The smallest absolute Gasteiger partial charge is 0.325 e. The number of rotatable bonds is 24. The van der Waals surface area contributed by atoms with Crippen LogP contribution in [-0.4, -0.2) is 115 Å². The van der Waals surface area contributed by atoms with E-state index in [0.717, 1.165) is 40.5 Å². The zero-order valence-electron chi connectivity index (χ0n) is 40.4. The third-order valence-electron chi connectivity index (χ3n) is 9.73. The molecule has 4 unspecified atom stereocenters. The molecule has 5 atom stereocenters. The Morgan fingerprint density at radius 1 is 0.841 bits per heavy atom. The van der Waals surface area contributed by atoms with Crippen LogP contribution in [0.4, 0.5) is 4.39 Å². The summed E-state index contributed by atoms with van der Waals surface area (Å²) < 4.78 is 12.1. The number of hydrogen-bond acceptors (Lipinski definition) is 8. The minimum Gasteiger partial charge on any atom is -0.480 e. The van der Waals surface area contributed by atoms with Crippen LogP contribution >= 0.6 is 0 Å². The Morgan fingerprint density at radius 3 is 1.94 bits per heavy atom. The maximum Gasteiger partial charge on any atom is 0.325 e. The van der Waals surface area contributed by atoms with E-state index in [4.69, 9.17) is 10.8 Å². The molecule has 63 heavy (non-hydrogen) atoms. The fourth-order valence-corrected chi connectivity index (χ4v) is 5.53. The van der Waals surface area contributed by atoms with Gasteiger partial charge in [0, 0.05) is 19.7 Å². The first-order valence-corrected chi connectivity index (χ1v) is 22.0. The normalized spacial score (nSPS) is 13.6. The fourth-order valence-electron chi connectivity index (χ4n) is 5.53. The minimum absolute atomic E-state index is 0.171. The molecule has 7 N–H and O–H groups in total. The summed E-state index contributed by atoms with van der Waals surface area (Å²) in [5, 5.41) is 19.3. The van der Waals surface area contributed by atoms with E-state index in [1.54, 1.807) is 26.0 Å². The SMILES string of the molecule is C/C=C(\C)CC(C)CC/C=C(\C)C(=O)NCC(=O)NC(CCCCN)C(=O)N(C)CC(=O)N(C)CC(=O)NC(C(=O)N[C@H](C)C(=O)O)C(C)CC.CC(C)C.Cc1ccc(F)cc1. The highest BCUT2D eigenvalue weighted by Crippen LogP contribution is 2.17. The number of hydrogen-bond donors (Lipinski definition) is 6. The molecule has 1 rings (SSSR count). The largest absolute Gasteiger partial charge is 0.480 e. The average molecular weight is 890 g/mol. The van der Waals surface area contributed by atoms with Crippen molar-refractivity contribution in [3.8, 4) is 0 Å². The number of nitrogens with two attached hydrogens (primary N) is 1. The van der Waals surface area contributed by atoms with Crippen molar-refractivity contribution in [2.75, 3.05) is 40.3 Å². The molecule has 0 spiro atoms. The Hall–Kier alpha value is -5.12. The molecule has 0 fully saturated rings. The first kappa shape index (κ1) is 60.0. The maximum absolute atomic E-state index is 13.4. The average Bonchev–Trinajstić information content (AvgIpc) is 3.21. The zero-order chi connectivity index (χ0) is 48.8. The molecule has 0 saturated carbocycles. The van der Waals surface area contributed by atoms with Crippen molar-refractivity contribution in [1.82, 2.24) is 31.1 Å². The van der Waals surface area contributed by atoms with Crippen molar-refractivity contribution in [3.05, 3.63) is 58.9 Å². The number of aliphatic carboxylic acids is 1. The van der Waals surface area contributed by atoms with Crippen molar-refractivity contribution >= 4 is 41.4 Å². The van der Waals surface area contributed by atoms with Gasteiger partial charge in [-0.25, -0.2) is 4.39 Å². The predicted molar refractivity (Wildman–Crippen MR) is 248 cm³/mol. The van der Waals surface area contributed by atoms with Crippen LogP contribution < -0.4 is 27.0 Å². The van der Waals surface area contributed by atoms with Gasteiger partial charge in [0.25, 0.3) is 0 Å². The lowest BCUT2D eigenvalue weighted by Gasteiger charge is -2.27. The van der Waals surface area contributed by atoms with Crippen LogP contribution in [0.1, 0.15) is 120 Å². The predicted octanol–water partition coefficient (Wildman–Crippen LogP) is 5.27. The van der Waals surface area contributed by atoms with Gasteiger partial charge in [0.15, 0.2) is 0 Å². The summed E-state index contributed by atoms with van der Waals surface area (Å²) in [7, 11) is 2.77. The third kappa shape index (κ3) is 29.0. The van der Waals surface area contributed by atoms with Crippen molar-refractivity contribution < 1.29 is 43.1 Å². The van der Waals surface area contributed by atoms with Crippen LogP contribution in [0.3, 0.4) is 0 Å². The van der Waals surface area contributed by atoms with E-state index in [1.165, 1.54) is 38.7 Å². The van der Waals surface area contributed by atoms with Gasteiger partial charge in [-0.15, -0.1) is 0 Å². The van der Waals surface area contributed by atoms with Gasteiger partial charge in [-0.3, -0.25) is 33.6 Å². The molecule has 0 heterocycles. The number of nitrogens with one attached hydrogen (secondary N) is 4. The number of amides is 6. The van der Waals surface area contributed by atoms with Crippen LogP contribution in [0.5, 0.6) is 0 Å². The summed E-state index contributed by atoms with van der Waals surface area (Å²) in [5.41, 5.74) is 8.52. The highest BCUT2D eigenvalue weighted by atomic mass is 19.1. The number of likely N-dealkylation sites (N-methyl/N-ethyl adjacent to an activating group) is 2. The number of aryl methyl sites for hydroxylation is 1. The molecule has 0 bridgehead atoms. The number of unbranched alkanes of at least 4 members (excludes halogenated alkanes) is 1. The Balaban J connectivity index is 0. The molecular weight excluding hydrogens is 810 g/mol. The lowest BCUT2D eigenvalue weighted by molar-refractivity contribution is -0.143. The molecule has 1 aromatic rings. The monoisotopic (exact) mass is 890 g/mol. The van der Waals surface area contributed by atoms with E-state index in [-0.39, 0.29) is 30.6 Å². The zero-order valence-corrected chi connectivity index (χ0v) is 40.4. The molecule has 1 aromatic carbocycles. The van der Waals surface area contributed by atoms with Gasteiger partial charge in [0.2, 0.25) is 35.4 Å². The standard InChI is InChI=1S/C36H63N7O8.C7H7F.C4H10/c1-10-23(3)19-24(4)15-14-16-26(6)33(47)38-20-29(44)40-28(17-12-13-18-37)35(49)43(9)22-31(46)42(8)21-30(45)41-32(25(5)11-2)34(48)39-27(7)36(50)51;1-6-2-4-7(8)5-3-6;1-4(2)3/h10,16,24-25,27-28,32H,11-15,17-22,37H2,1-9H3,(H,38,47)(H,39,48)(H,40,44)(H,41,45)(H,50,51);2-5H,1H3;4H,1-3H3/b23-10+,26-16+;;/t24?,25?,27-,28?,32?;;/m1../s1. The summed E-state index contributed by atoms with van der Waals surface area (Å²) in [6.07, 6.45) is 8.52. The molecule has 0 saturated heterocycles. The highest BCUT2D eigenvalue weighted by Gasteiger charge is 2.30. The molecular formula is C47H80FN7O8. The van der Waals surface area contributed by atoms with E-state index in [9.17, 15) is 38.0 Å². The molecule has 0 aliphatic heterocycles. The maximum atomic E-state index is 13.4. The molecule has 0 radical (unpaired) electrons. The molecule has 358 valence electrons. The van der Waals surface area contributed by atoms with E-state index in [1.807, 2.05) is 26.8 Å². The summed E-state index contributed by atoms with van der Waals surface area (Å²) in [4.78, 5) is 90.7. The first-order valence-electron chi connectivity index (χ1n) is 22.0. The Morgan fingerprint density at radius 2 is 1.43 bits per heavy atom. The van der Waals surface area contributed by atoms with Crippen LogP contribution in [0, 0.1) is 30.5 Å². The minimum atomic E-state index is -1.22.